The summed E-state index contributed by atoms with van der Waals surface area (Å²) in [6, 6.07) is 5.64. The highest BCUT2D eigenvalue weighted by Crippen LogP contribution is 2.29. The van der Waals surface area contributed by atoms with E-state index in [0.29, 0.717) is 12.0 Å². The second-order valence-electron chi connectivity index (χ2n) is 5.58. The summed E-state index contributed by atoms with van der Waals surface area (Å²) in [4.78, 5) is 2.24. The van der Waals surface area contributed by atoms with Crippen molar-refractivity contribution in [3.63, 3.8) is 0 Å². The molecule has 1 N–H and O–H groups in total. The van der Waals surface area contributed by atoms with Crippen LogP contribution in [0.4, 0.5) is 10.1 Å². The molecule has 0 aliphatic heterocycles. The fraction of sp³-hybridized carbons (Fsp3) is 0.625. The lowest BCUT2D eigenvalue weighted by atomic mass is 10.0. The molecular formula is C16H27FN2. The molecule has 0 bridgehead atoms. The molecule has 0 saturated heterocycles. The van der Waals surface area contributed by atoms with E-state index in [1.54, 1.807) is 12.1 Å². The van der Waals surface area contributed by atoms with Gasteiger partial charge in [0.2, 0.25) is 0 Å². The molecule has 2 atom stereocenters. The first-order chi connectivity index (χ1) is 8.88. The topological polar surface area (TPSA) is 15.3 Å². The average Bonchev–Trinajstić information content (AvgIpc) is 2.37. The summed E-state index contributed by atoms with van der Waals surface area (Å²) in [5.41, 5.74) is 2.13. The second kappa shape index (κ2) is 6.90. The van der Waals surface area contributed by atoms with E-state index in [4.69, 9.17) is 0 Å². The maximum Gasteiger partial charge on any atom is 0.123 e. The van der Waals surface area contributed by atoms with Gasteiger partial charge in [-0.15, -0.1) is 0 Å². The Morgan fingerprint density at radius 2 is 1.84 bits per heavy atom. The van der Waals surface area contributed by atoms with Crippen LogP contribution in [-0.2, 0) is 0 Å². The fourth-order valence-corrected chi connectivity index (χ4v) is 2.28. The summed E-state index contributed by atoms with van der Waals surface area (Å²) in [6.45, 7) is 11.6. The third kappa shape index (κ3) is 3.93. The Labute approximate surface area is 117 Å². The Morgan fingerprint density at radius 1 is 1.21 bits per heavy atom. The van der Waals surface area contributed by atoms with Crippen molar-refractivity contribution in [3.05, 3.63) is 29.6 Å². The van der Waals surface area contributed by atoms with Gasteiger partial charge >= 0.3 is 0 Å². The number of rotatable bonds is 6. The van der Waals surface area contributed by atoms with Gasteiger partial charge in [0, 0.05) is 24.8 Å². The molecule has 2 unspecified atom stereocenters. The molecule has 0 spiro atoms. The fourth-order valence-electron chi connectivity index (χ4n) is 2.28. The number of hydrogen-bond acceptors (Lipinski definition) is 2. The van der Waals surface area contributed by atoms with Crippen molar-refractivity contribution in [2.24, 2.45) is 5.92 Å². The Morgan fingerprint density at radius 3 is 2.37 bits per heavy atom. The Balaban J connectivity index is 3.12. The van der Waals surface area contributed by atoms with Crippen LogP contribution in [0.2, 0.25) is 0 Å². The summed E-state index contributed by atoms with van der Waals surface area (Å²) in [7, 11) is 2.08. The molecule has 0 fully saturated rings. The zero-order chi connectivity index (χ0) is 14.6. The van der Waals surface area contributed by atoms with Gasteiger partial charge in [-0.2, -0.15) is 0 Å². The van der Waals surface area contributed by atoms with Gasteiger partial charge in [-0.1, -0.05) is 20.8 Å². The molecular weight excluding hydrogens is 239 g/mol. The van der Waals surface area contributed by atoms with Gasteiger partial charge in [-0.05, 0) is 50.1 Å². The summed E-state index contributed by atoms with van der Waals surface area (Å²) >= 11 is 0. The largest absolute Gasteiger partial charge is 0.371 e. The minimum absolute atomic E-state index is 0.150. The summed E-state index contributed by atoms with van der Waals surface area (Å²) < 4.78 is 13.5. The van der Waals surface area contributed by atoms with Crippen LogP contribution < -0.4 is 10.2 Å². The minimum Gasteiger partial charge on any atom is -0.371 e. The smallest absolute Gasteiger partial charge is 0.123 e. The second-order valence-corrected chi connectivity index (χ2v) is 5.58. The lowest BCUT2D eigenvalue weighted by Crippen LogP contribution is -2.34. The molecule has 3 heteroatoms. The first-order valence-corrected chi connectivity index (χ1v) is 7.14. The van der Waals surface area contributed by atoms with E-state index in [1.165, 1.54) is 0 Å². The number of hydrogen-bond donors (Lipinski definition) is 1. The average molecular weight is 266 g/mol. The first kappa shape index (κ1) is 16.0. The van der Waals surface area contributed by atoms with Crippen LogP contribution in [0.25, 0.3) is 0 Å². The summed E-state index contributed by atoms with van der Waals surface area (Å²) in [6.07, 6.45) is 0. The minimum atomic E-state index is -0.172. The van der Waals surface area contributed by atoms with Crippen molar-refractivity contribution in [3.8, 4) is 0 Å². The van der Waals surface area contributed by atoms with Crippen molar-refractivity contribution in [1.29, 1.82) is 0 Å². The molecule has 19 heavy (non-hydrogen) atoms. The van der Waals surface area contributed by atoms with E-state index in [0.717, 1.165) is 17.8 Å². The van der Waals surface area contributed by atoms with Crippen LogP contribution in [0.5, 0.6) is 0 Å². The van der Waals surface area contributed by atoms with E-state index in [2.05, 4.69) is 51.9 Å². The molecule has 2 nitrogen and oxygen atoms in total. The highest BCUT2D eigenvalue weighted by Gasteiger charge is 2.19. The molecule has 0 heterocycles. The monoisotopic (exact) mass is 266 g/mol. The molecule has 0 aromatic heterocycles. The van der Waals surface area contributed by atoms with Crippen LogP contribution >= 0.6 is 0 Å². The maximum absolute atomic E-state index is 13.5. The van der Waals surface area contributed by atoms with E-state index >= 15 is 0 Å². The van der Waals surface area contributed by atoms with E-state index < -0.39 is 0 Å². The van der Waals surface area contributed by atoms with Crippen molar-refractivity contribution in [2.45, 2.75) is 46.7 Å². The highest BCUT2D eigenvalue weighted by atomic mass is 19.1. The van der Waals surface area contributed by atoms with Gasteiger partial charge in [0.1, 0.15) is 5.82 Å². The summed E-state index contributed by atoms with van der Waals surface area (Å²) in [5.74, 6) is 0.381. The Kier molecular flexibility index (Phi) is 5.80. The third-order valence-electron chi connectivity index (χ3n) is 3.92. The van der Waals surface area contributed by atoms with Gasteiger partial charge in [-0.3, -0.25) is 0 Å². The van der Waals surface area contributed by atoms with E-state index in [-0.39, 0.29) is 11.9 Å². The van der Waals surface area contributed by atoms with Gasteiger partial charge in [0.15, 0.2) is 0 Å². The van der Waals surface area contributed by atoms with Crippen LogP contribution in [0, 0.1) is 11.7 Å². The van der Waals surface area contributed by atoms with Crippen molar-refractivity contribution in [2.75, 3.05) is 18.5 Å². The van der Waals surface area contributed by atoms with Gasteiger partial charge in [0.25, 0.3) is 0 Å². The molecule has 0 saturated carbocycles. The van der Waals surface area contributed by atoms with E-state index in [9.17, 15) is 4.39 Å². The number of nitrogens with one attached hydrogen (secondary N) is 1. The lowest BCUT2D eigenvalue weighted by molar-refractivity contribution is 0.501. The van der Waals surface area contributed by atoms with Gasteiger partial charge < -0.3 is 10.2 Å². The molecule has 0 radical (unpaired) electrons. The third-order valence-corrected chi connectivity index (χ3v) is 3.92. The number of nitrogens with zero attached hydrogens (tertiary/aromatic N) is 1. The number of anilines is 1. The molecule has 1 aromatic rings. The normalized spacial score (nSPS) is 14.5. The predicted molar refractivity (Wildman–Crippen MR) is 81.2 cm³/mol. The van der Waals surface area contributed by atoms with E-state index in [1.807, 2.05) is 6.07 Å². The number of halogens is 1. The van der Waals surface area contributed by atoms with Crippen LogP contribution in [0.3, 0.4) is 0 Å². The Bertz CT molecular complexity index is 404. The lowest BCUT2D eigenvalue weighted by Gasteiger charge is -2.33. The predicted octanol–water partition coefficient (Wildman–Crippen LogP) is 3.98. The molecule has 108 valence electrons. The SMILES string of the molecule is CCNC(C)c1cc(F)ccc1N(C)C(C)C(C)C. The quantitative estimate of drug-likeness (QED) is 0.838. The number of benzene rings is 1. The standard InChI is InChI=1S/C16H27FN2/c1-7-18-12(4)15-10-14(17)8-9-16(15)19(6)13(5)11(2)3/h8-13,18H,7H2,1-6H3. The molecule has 0 amide bonds. The zero-order valence-corrected chi connectivity index (χ0v) is 13.0. The van der Waals surface area contributed by atoms with Crippen LogP contribution in [0.1, 0.15) is 46.2 Å². The molecule has 0 aliphatic rings. The van der Waals surface area contributed by atoms with Crippen molar-refractivity contribution >= 4 is 5.69 Å². The zero-order valence-electron chi connectivity index (χ0n) is 13.0. The Hall–Kier alpha value is -1.09. The van der Waals surface area contributed by atoms with Gasteiger partial charge in [0.05, 0.1) is 0 Å². The molecule has 0 aliphatic carbocycles. The summed E-state index contributed by atoms with van der Waals surface area (Å²) in [5, 5.41) is 3.36. The van der Waals surface area contributed by atoms with Gasteiger partial charge in [-0.25, -0.2) is 4.39 Å². The van der Waals surface area contributed by atoms with Crippen molar-refractivity contribution < 1.29 is 4.39 Å². The van der Waals surface area contributed by atoms with Crippen molar-refractivity contribution in [1.82, 2.24) is 5.32 Å². The first-order valence-electron chi connectivity index (χ1n) is 7.14. The van der Waals surface area contributed by atoms with Crippen LogP contribution in [0.15, 0.2) is 18.2 Å². The maximum atomic E-state index is 13.5. The van der Waals surface area contributed by atoms with Crippen LogP contribution in [-0.4, -0.2) is 19.6 Å². The molecule has 1 rings (SSSR count). The molecule has 1 aromatic carbocycles. The highest BCUT2D eigenvalue weighted by molar-refractivity contribution is 5.55.